The molecule has 2 aromatic carbocycles. The van der Waals surface area contributed by atoms with Crippen molar-refractivity contribution in [1.29, 1.82) is 0 Å². The average molecular weight is 317 g/mol. The molecule has 0 saturated carbocycles. The second kappa shape index (κ2) is 5.70. The van der Waals surface area contributed by atoms with Gasteiger partial charge in [-0.05, 0) is 36.4 Å². The van der Waals surface area contributed by atoms with E-state index < -0.39 is 5.91 Å². The Labute approximate surface area is 124 Å². The molecule has 2 N–H and O–H groups in total. The summed E-state index contributed by atoms with van der Waals surface area (Å²) in [5, 5.41) is 13.4. The molecule has 0 aliphatic rings. The number of amides is 1. The molecular formula is C13H8Cl3NO2. The van der Waals surface area contributed by atoms with Gasteiger partial charge in [0.2, 0.25) is 0 Å². The van der Waals surface area contributed by atoms with E-state index in [1.165, 1.54) is 24.3 Å². The van der Waals surface area contributed by atoms with Crippen molar-refractivity contribution >= 4 is 46.4 Å². The molecule has 0 aromatic heterocycles. The summed E-state index contributed by atoms with van der Waals surface area (Å²) in [6.45, 7) is 0. The molecule has 0 aliphatic carbocycles. The summed E-state index contributed by atoms with van der Waals surface area (Å²) in [5.41, 5.74) is 0.467. The number of benzene rings is 2. The standard InChI is InChI=1S/C13H8Cl3NO2/c14-7-2-4-10(16)11(5-7)17-13(19)9-3-1-8(15)6-12(9)18/h1-6,18H,(H,17,19). The number of nitrogens with one attached hydrogen (secondary N) is 1. The van der Waals surface area contributed by atoms with E-state index in [1.807, 2.05) is 0 Å². The minimum atomic E-state index is -0.502. The molecule has 0 saturated heterocycles. The fourth-order valence-corrected chi connectivity index (χ4v) is 1.98. The van der Waals surface area contributed by atoms with Crippen molar-refractivity contribution in [3.8, 4) is 5.75 Å². The summed E-state index contributed by atoms with van der Waals surface area (Å²) < 4.78 is 0. The zero-order valence-corrected chi connectivity index (χ0v) is 11.7. The zero-order valence-electron chi connectivity index (χ0n) is 9.45. The van der Waals surface area contributed by atoms with Crippen LogP contribution in [-0.4, -0.2) is 11.0 Å². The first-order valence-corrected chi connectivity index (χ1v) is 6.35. The molecule has 0 bridgehead atoms. The van der Waals surface area contributed by atoms with Crippen molar-refractivity contribution in [2.75, 3.05) is 5.32 Å². The van der Waals surface area contributed by atoms with Crippen LogP contribution in [-0.2, 0) is 0 Å². The van der Waals surface area contributed by atoms with Gasteiger partial charge in [0.05, 0.1) is 16.3 Å². The van der Waals surface area contributed by atoms with E-state index in [4.69, 9.17) is 34.8 Å². The highest BCUT2D eigenvalue weighted by Crippen LogP contribution is 2.27. The third-order valence-corrected chi connectivity index (χ3v) is 3.18. The van der Waals surface area contributed by atoms with Gasteiger partial charge >= 0.3 is 0 Å². The first-order valence-electron chi connectivity index (χ1n) is 5.22. The Bertz CT molecular complexity index is 644. The summed E-state index contributed by atoms with van der Waals surface area (Å²) in [7, 11) is 0. The third-order valence-electron chi connectivity index (χ3n) is 2.38. The van der Waals surface area contributed by atoms with Crippen LogP contribution in [0.1, 0.15) is 10.4 Å². The SMILES string of the molecule is O=C(Nc1cc(Cl)ccc1Cl)c1ccc(Cl)cc1O. The van der Waals surface area contributed by atoms with Crippen LogP contribution in [0.25, 0.3) is 0 Å². The Morgan fingerprint density at radius 2 is 1.63 bits per heavy atom. The molecule has 98 valence electrons. The largest absolute Gasteiger partial charge is 0.507 e. The molecule has 0 heterocycles. The van der Waals surface area contributed by atoms with Crippen LogP contribution in [0.4, 0.5) is 5.69 Å². The fraction of sp³-hybridized carbons (Fsp3) is 0. The highest BCUT2D eigenvalue weighted by molar-refractivity contribution is 6.36. The maximum absolute atomic E-state index is 12.0. The van der Waals surface area contributed by atoms with Gasteiger partial charge in [-0.3, -0.25) is 4.79 Å². The Hall–Kier alpha value is -1.42. The number of anilines is 1. The van der Waals surface area contributed by atoms with E-state index in [1.54, 1.807) is 12.1 Å². The van der Waals surface area contributed by atoms with Crippen LogP contribution >= 0.6 is 34.8 Å². The highest BCUT2D eigenvalue weighted by atomic mass is 35.5. The number of aromatic hydroxyl groups is 1. The lowest BCUT2D eigenvalue weighted by Crippen LogP contribution is -2.12. The minimum absolute atomic E-state index is 0.0976. The molecule has 0 aliphatic heterocycles. The molecule has 0 radical (unpaired) electrons. The topological polar surface area (TPSA) is 49.3 Å². The Balaban J connectivity index is 2.28. The lowest BCUT2D eigenvalue weighted by molar-refractivity contribution is 0.102. The second-order valence-electron chi connectivity index (χ2n) is 3.74. The number of carbonyl (C=O) groups is 1. The van der Waals surface area contributed by atoms with Gasteiger partial charge in [-0.25, -0.2) is 0 Å². The first kappa shape index (κ1) is 14.0. The number of hydrogen-bond acceptors (Lipinski definition) is 2. The van der Waals surface area contributed by atoms with Crippen molar-refractivity contribution in [3.63, 3.8) is 0 Å². The summed E-state index contributed by atoms with van der Waals surface area (Å²) in [4.78, 5) is 12.0. The van der Waals surface area contributed by atoms with Gasteiger partial charge in [-0.1, -0.05) is 34.8 Å². The van der Waals surface area contributed by atoms with Crippen LogP contribution in [0.3, 0.4) is 0 Å². The molecule has 2 rings (SSSR count). The number of hydrogen-bond donors (Lipinski definition) is 2. The monoisotopic (exact) mass is 315 g/mol. The number of carbonyl (C=O) groups excluding carboxylic acids is 1. The maximum Gasteiger partial charge on any atom is 0.259 e. The number of halogens is 3. The number of phenolic OH excluding ortho intramolecular Hbond substituents is 1. The third kappa shape index (κ3) is 3.32. The molecule has 0 spiro atoms. The second-order valence-corrected chi connectivity index (χ2v) is 5.02. The normalized spacial score (nSPS) is 10.3. The Morgan fingerprint density at radius 1 is 1.00 bits per heavy atom. The van der Waals surface area contributed by atoms with Crippen LogP contribution in [0.15, 0.2) is 36.4 Å². The molecule has 2 aromatic rings. The van der Waals surface area contributed by atoms with E-state index in [9.17, 15) is 9.90 Å². The van der Waals surface area contributed by atoms with E-state index in [2.05, 4.69) is 5.32 Å². The molecule has 6 heteroatoms. The lowest BCUT2D eigenvalue weighted by Gasteiger charge is -2.09. The van der Waals surface area contributed by atoms with Crippen molar-refractivity contribution in [1.82, 2.24) is 0 Å². The van der Waals surface area contributed by atoms with E-state index in [0.717, 1.165) is 0 Å². The highest BCUT2D eigenvalue weighted by Gasteiger charge is 2.13. The predicted molar refractivity (Wildman–Crippen MR) is 77.5 cm³/mol. The minimum Gasteiger partial charge on any atom is -0.507 e. The molecule has 19 heavy (non-hydrogen) atoms. The van der Waals surface area contributed by atoms with Gasteiger partial charge in [-0.15, -0.1) is 0 Å². The molecule has 1 amide bonds. The van der Waals surface area contributed by atoms with E-state index in [-0.39, 0.29) is 11.3 Å². The summed E-state index contributed by atoms with van der Waals surface area (Å²) in [5.74, 6) is -0.707. The van der Waals surface area contributed by atoms with Gasteiger partial charge in [0.25, 0.3) is 5.91 Å². The molecule has 0 unspecified atom stereocenters. The lowest BCUT2D eigenvalue weighted by atomic mass is 10.2. The first-order chi connectivity index (χ1) is 8.97. The fourth-order valence-electron chi connectivity index (χ4n) is 1.48. The van der Waals surface area contributed by atoms with E-state index in [0.29, 0.717) is 20.8 Å². The van der Waals surface area contributed by atoms with E-state index >= 15 is 0 Å². The van der Waals surface area contributed by atoms with Gasteiger partial charge in [0.15, 0.2) is 0 Å². The summed E-state index contributed by atoms with van der Waals surface area (Å²) >= 11 is 17.5. The van der Waals surface area contributed by atoms with Crippen LogP contribution < -0.4 is 5.32 Å². The Morgan fingerprint density at radius 3 is 2.32 bits per heavy atom. The zero-order chi connectivity index (χ0) is 14.0. The molecular weight excluding hydrogens is 309 g/mol. The van der Waals surface area contributed by atoms with Crippen LogP contribution in [0, 0.1) is 0 Å². The maximum atomic E-state index is 12.0. The van der Waals surface area contributed by atoms with Crippen LogP contribution in [0.5, 0.6) is 5.75 Å². The van der Waals surface area contributed by atoms with Crippen molar-refractivity contribution in [3.05, 3.63) is 57.0 Å². The smallest absolute Gasteiger partial charge is 0.259 e. The van der Waals surface area contributed by atoms with Crippen molar-refractivity contribution in [2.45, 2.75) is 0 Å². The average Bonchev–Trinajstić information content (AvgIpc) is 2.33. The summed E-state index contributed by atoms with van der Waals surface area (Å²) in [6.07, 6.45) is 0. The van der Waals surface area contributed by atoms with Crippen LogP contribution in [0.2, 0.25) is 15.1 Å². The van der Waals surface area contributed by atoms with Crippen molar-refractivity contribution < 1.29 is 9.90 Å². The van der Waals surface area contributed by atoms with Gasteiger partial charge < -0.3 is 10.4 Å². The molecule has 0 atom stereocenters. The predicted octanol–water partition coefficient (Wildman–Crippen LogP) is 4.60. The number of phenols is 1. The Kier molecular flexibility index (Phi) is 4.20. The van der Waals surface area contributed by atoms with Gasteiger partial charge in [-0.2, -0.15) is 0 Å². The molecule has 0 fully saturated rings. The quantitative estimate of drug-likeness (QED) is 0.850. The van der Waals surface area contributed by atoms with Crippen molar-refractivity contribution in [2.24, 2.45) is 0 Å². The number of rotatable bonds is 2. The van der Waals surface area contributed by atoms with Gasteiger partial charge in [0, 0.05) is 10.0 Å². The van der Waals surface area contributed by atoms with Gasteiger partial charge in [0.1, 0.15) is 5.75 Å². The molecule has 3 nitrogen and oxygen atoms in total. The summed E-state index contributed by atoms with van der Waals surface area (Å²) in [6, 6.07) is 8.92.